The van der Waals surface area contributed by atoms with E-state index in [1.807, 2.05) is 7.05 Å². The van der Waals surface area contributed by atoms with E-state index in [-0.39, 0.29) is 0 Å². The summed E-state index contributed by atoms with van der Waals surface area (Å²) < 4.78 is 0. The molecule has 1 aliphatic carbocycles. The summed E-state index contributed by atoms with van der Waals surface area (Å²) in [6.45, 7) is 8.87. The molecule has 1 heterocycles. The Balaban J connectivity index is 2.30. The standard InChI is InChI=1S/C16H27N3/c1-10(2)14-12(4)18-15(19-16(14)17-5)13-8-6-11(3)7-9-13/h10-11,13H,6-9H2,1-5H3,(H,17,18,19). The Kier molecular flexibility index (Phi) is 4.43. The fourth-order valence-electron chi connectivity index (χ4n) is 3.19. The average molecular weight is 261 g/mol. The number of hydrogen-bond acceptors (Lipinski definition) is 3. The van der Waals surface area contributed by atoms with Crippen molar-refractivity contribution in [3.8, 4) is 0 Å². The molecule has 106 valence electrons. The highest BCUT2D eigenvalue weighted by atomic mass is 15.0. The van der Waals surface area contributed by atoms with E-state index in [0.717, 1.165) is 23.3 Å². The Hall–Kier alpha value is -1.12. The number of nitrogens with zero attached hydrogens (tertiary/aromatic N) is 2. The van der Waals surface area contributed by atoms with Gasteiger partial charge in [0.15, 0.2) is 0 Å². The van der Waals surface area contributed by atoms with Gasteiger partial charge in [-0.2, -0.15) is 0 Å². The fourth-order valence-corrected chi connectivity index (χ4v) is 3.19. The highest BCUT2D eigenvalue weighted by Crippen LogP contribution is 2.35. The van der Waals surface area contributed by atoms with E-state index in [9.17, 15) is 0 Å². The van der Waals surface area contributed by atoms with Gasteiger partial charge in [-0.05, 0) is 31.6 Å². The van der Waals surface area contributed by atoms with Gasteiger partial charge in [0.2, 0.25) is 0 Å². The Bertz CT molecular complexity index is 432. The second-order valence-electron chi connectivity index (χ2n) is 6.29. The van der Waals surface area contributed by atoms with Gasteiger partial charge in [0.25, 0.3) is 0 Å². The molecular weight excluding hydrogens is 234 g/mol. The van der Waals surface area contributed by atoms with Crippen LogP contribution < -0.4 is 5.32 Å². The second-order valence-corrected chi connectivity index (χ2v) is 6.29. The van der Waals surface area contributed by atoms with E-state index in [2.05, 4.69) is 33.0 Å². The lowest BCUT2D eigenvalue weighted by atomic mass is 9.82. The van der Waals surface area contributed by atoms with Crippen LogP contribution in [0.4, 0.5) is 5.82 Å². The van der Waals surface area contributed by atoms with Gasteiger partial charge in [-0.1, -0.05) is 33.6 Å². The minimum atomic E-state index is 0.461. The van der Waals surface area contributed by atoms with Crippen LogP contribution in [0.3, 0.4) is 0 Å². The number of hydrogen-bond donors (Lipinski definition) is 1. The lowest BCUT2D eigenvalue weighted by Crippen LogP contribution is -2.16. The summed E-state index contributed by atoms with van der Waals surface area (Å²) >= 11 is 0. The third-order valence-electron chi connectivity index (χ3n) is 4.35. The summed E-state index contributed by atoms with van der Waals surface area (Å²) in [6.07, 6.45) is 5.11. The van der Waals surface area contributed by atoms with Crippen molar-refractivity contribution in [3.05, 3.63) is 17.1 Å². The predicted molar refractivity (Wildman–Crippen MR) is 80.8 cm³/mol. The third-order valence-corrected chi connectivity index (χ3v) is 4.35. The first-order chi connectivity index (χ1) is 9.02. The van der Waals surface area contributed by atoms with Gasteiger partial charge in [0, 0.05) is 24.2 Å². The first kappa shape index (κ1) is 14.3. The van der Waals surface area contributed by atoms with Gasteiger partial charge in [-0.3, -0.25) is 0 Å². The van der Waals surface area contributed by atoms with Gasteiger partial charge in [0.05, 0.1) is 0 Å². The highest BCUT2D eigenvalue weighted by molar-refractivity contribution is 5.48. The quantitative estimate of drug-likeness (QED) is 0.884. The summed E-state index contributed by atoms with van der Waals surface area (Å²) in [5.41, 5.74) is 2.40. The van der Waals surface area contributed by atoms with Crippen LogP contribution >= 0.6 is 0 Å². The summed E-state index contributed by atoms with van der Waals surface area (Å²) in [6, 6.07) is 0. The Morgan fingerprint density at radius 2 is 1.74 bits per heavy atom. The lowest BCUT2D eigenvalue weighted by Gasteiger charge is -2.26. The van der Waals surface area contributed by atoms with Crippen LogP contribution in [-0.2, 0) is 0 Å². The molecule has 3 heteroatoms. The molecule has 1 saturated carbocycles. The fraction of sp³-hybridized carbons (Fsp3) is 0.750. The first-order valence-corrected chi connectivity index (χ1v) is 7.59. The second kappa shape index (κ2) is 5.89. The van der Waals surface area contributed by atoms with Crippen LogP contribution in [0.5, 0.6) is 0 Å². The minimum absolute atomic E-state index is 0.461. The molecule has 0 amide bonds. The molecule has 1 fully saturated rings. The third kappa shape index (κ3) is 3.07. The summed E-state index contributed by atoms with van der Waals surface area (Å²) in [5.74, 6) is 3.97. The summed E-state index contributed by atoms with van der Waals surface area (Å²) in [7, 11) is 1.96. The van der Waals surface area contributed by atoms with Gasteiger partial charge >= 0.3 is 0 Å². The Labute approximate surface area is 117 Å². The maximum atomic E-state index is 4.80. The molecule has 0 unspecified atom stereocenters. The Morgan fingerprint density at radius 3 is 2.26 bits per heavy atom. The maximum absolute atomic E-state index is 4.80. The van der Waals surface area contributed by atoms with Gasteiger partial charge in [-0.15, -0.1) is 0 Å². The molecule has 1 aromatic heterocycles. The summed E-state index contributed by atoms with van der Waals surface area (Å²) in [4.78, 5) is 9.60. The predicted octanol–water partition coefficient (Wildman–Crippen LogP) is 4.24. The molecule has 1 N–H and O–H groups in total. The number of rotatable bonds is 3. The minimum Gasteiger partial charge on any atom is -0.373 e. The zero-order valence-electron chi connectivity index (χ0n) is 13.0. The van der Waals surface area contributed by atoms with E-state index in [4.69, 9.17) is 9.97 Å². The monoisotopic (exact) mass is 261 g/mol. The number of nitrogens with one attached hydrogen (secondary N) is 1. The van der Waals surface area contributed by atoms with Crippen LogP contribution in [0.25, 0.3) is 0 Å². The van der Waals surface area contributed by atoms with E-state index in [1.165, 1.54) is 31.2 Å². The maximum Gasteiger partial charge on any atom is 0.134 e. The smallest absolute Gasteiger partial charge is 0.134 e. The van der Waals surface area contributed by atoms with Crippen LogP contribution in [0, 0.1) is 12.8 Å². The Morgan fingerprint density at radius 1 is 1.11 bits per heavy atom. The average Bonchev–Trinajstić information content (AvgIpc) is 2.38. The molecule has 0 aliphatic heterocycles. The first-order valence-electron chi connectivity index (χ1n) is 7.59. The van der Waals surface area contributed by atoms with Crippen molar-refractivity contribution in [1.29, 1.82) is 0 Å². The van der Waals surface area contributed by atoms with E-state index < -0.39 is 0 Å². The van der Waals surface area contributed by atoms with Crippen LogP contribution in [0.2, 0.25) is 0 Å². The molecule has 0 atom stereocenters. The normalized spacial score (nSPS) is 23.7. The summed E-state index contributed by atoms with van der Waals surface area (Å²) in [5, 5.41) is 3.25. The zero-order chi connectivity index (χ0) is 14.0. The molecule has 0 saturated heterocycles. The van der Waals surface area contributed by atoms with Crippen molar-refractivity contribution in [2.45, 2.75) is 65.2 Å². The molecular formula is C16H27N3. The van der Waals surface area contributed by atoms with Crippen molar-refractivity contribution in [2.75, 3.05) is 12.4 Å². The number of anilines is 1. The zero-order valence-corrected chi connectivity index (χ0v) is 13.0. The van der Waals surface area contributed by atoms with Gasteiger partial charge < -0.3 is 5.32 Å². The van der Waals surface area contributed by atoms with Crippen LogP contribution in [-0.4, -0.2) is 17.0 Å². The van der Waals surface area contributed by atoms with Crippen molar-refractivity contribution in [3.63, 3.8) is 0 Å². The largest absolute Gasteiger partial charge is 0.373 e. The van der Waals surface area contributed by atoms with E-state index in [0.29, 0.717) is 11.8 Å². The number of aryl methyl sites for hydroxylation is 1. The van der Waals surface area contributed by atoms with Crippen molar-refractivity contribution < 1.29 is 0 Å². The van der Waals surface area contributed by atoms with Gasteiger partial charge in [-0.25, -0.2) is 9.97 Å². The molecule has 0 radical (unpaired) electrons. The molecule has 0 bridgehead atoms. The highest BCUT2D eigenvalue weighted by Gasteiger charge is 2.24. The van der Waals surface area contributed by atoms with Crippen molar-refractivity contribution in [1.82, 2.24) is 9.97 Å². The SMILES string of the molecule is CNc1nc(C2CCC(C)CC2)nc(C)c1C(C)C. The molecule has 1 aliphatic rings. The van der Waals surface area contributed by atoms with E-state index in [1.54, 1.807) is 0 Å². The molecule has 0 aromatic carbocycles. The topological polar surface area (TPSA) is 37.8 Å². The van der Waals surface area contributed by atoms with Gasteiger partial charge in [0.1, 0.15) is 11.6 Å². The van der Waals surface area contributed by atoms with Crippen molar-refractivity contribution >= 4 is 5.82 Å². The van der Waals surface area contributed by atoms with Crippen molar-refractivity contribution in [2.24, 2.45) is 5.92 Å². The molecule has 0 spiro atoms. The molecule has 2 rings (SSSR count). The molecule has 3 nitrogen and oxygen atoms in total. The molecule has 19 heavy (non-hydrogen) atoms. The molecule has 1 aromatic rings. The van der Waals surface area contributed by atoms with E-state index >= 15 is 0 Å². The lowest BCUT2D eigenvalue weighted by molar-refractivity contribution is 0.339. The van der Waals surface area contributed by atoms with Crippen LogP contribution in [0.1, 0.15) is 75.4 Å². The number of aromatic nitrogens is 2. The van der Waals surface area contributed by atoms with Crippen LogP contribution in [0.15, 0.2) is 0 Å².